The second-order valence-corrected chi connectivity index (χ2v) is 5.11. The van der Waals surface area contributed by atoms with Gasteiger partial charge in [0.05, 0.1) is 16.9 Å². The van der Waals surface area contributed by atoms with Gasteiger partial charge in [0.25, 0.3) is 5.91 Å². The van der Waals surface area contributed by atoms with Crippen LogP contribution in [0.15, 0.2) is 36.5 Å². The Kier molecular flexibility index (Phi) is 4.33. The molecule has 0 bridgehead atoms. The van der Waals surface area contributed by atoms with Gasteiger partial charge in [-0.3, -0.25) is 15.6 Å². The molecule has 1 aromatic carbocycles. The van der Waals surface area contributed by atoms with Crippen LogP contribution in [0, 0.1) is 10.5 Å². The van der Waals surface area contributed by atoms with Crippen molar-refractivity contribution in [2.45, 2.75) is 6.92 Å². The summed E-state index contributed by atoms with van der Waals surface area (Å²) in [5.41, 5.74) is 5.03. The second-order valence-electron chi connectivity index (χ2n) is 3.95. The number of rotatable bonds is 3. The molecule has 0 aliphatic rings. The third-order valence-corrected chi connectivity index (χ3v) is 3.50. The van der Waals surface area contributed by atoms with E-state index in [1.54, 1.807) is 6.07 Å². The third-order valence-electron chi connectivity index (χ3n) is 2.56. The predicted molar refractivity (Wildman–Crippen MR) is 83.9 cm³/mol. The monoisotopic (exact) mass is 368 g/mol. The number of carbonyl (C=O) groups excluding carboxylic acids is 1. The molecule has 0 saturated carbocycles. The number of nitrogens with two attached hydrogens (primary N) is 1. The summed E-state index contributed by atoms with van der Waals surface area (Å²) in [6.45, 7) is 1.84. The lowest BCUT2D eigenvalue weighted by Crippen LogP contribution is -2.18. The molecular formula is C13H13IN4O. The first-order valence-corrected chi connectivity index (χ1v) is 6.69. The highest BCUT2D eigenvalue weighted by atomic mass is 127. The van der Waals surface area contributed by atoms with Crippen molar-refractivity contribution in [2.24, 2.45) is 5.84 Å². The summed E-state index contributed by atoms with van der Waals surface area (Å²) < 4.78 is 0.968. The van der Waals surface area contributed by atoms with Crippen molar-refractivity contribution < 1.29 is 4.79 Å². The van der Waals surface area contributed by atoms with Gasteiger partial charge in [-0.05, 0) is 47.7 Å². The summed E-state index contributed by atoms with van der Waals surface area (Å²) in [5, 5.41) is 2.84. The molecule has 2 rings (SSSR count). The zero-order valence-electron chi connectivity index (χ0n) is 10.3. The molecule has 1 heterocycles. The molecule has 5 nitrogen and oxygen atoms in total. The van der Waals surface area contributed by atoms with Crippen LogP contribution in [0.1, 0.15) is 16.1 Å². The van der Waals surface area contributed by atoms with Crippen LogP contribution in [-0.4, -0.2) is 10.9 Å². The molecule has 0 aliphatic carbocycles. The molecule has 4 N–H and O–H groups in total. The summed E-state index contributed by atoms with van der Waals surface area (Å²) in [6.07, 6.45) is 1.51. The molecule has 2 aromatic rings. The average molecular weight is 368 g/mol. The summed E-state index contributed by atoms with van der Waals surface area (Å²) in [5.74, 6) is 5.18. The van der Waals surface area contributed by atoms with Crippen molar-refractivity contribution in [3.8, 4) is 0 Å². The van der Waals surface area contributed by atoms with E-state index in [1.165, 1.54) is 6.20 Å². The lowest BCUT2D eigenvalue weighted by atomic mass is 10.2. The Labute approximate surface area is 124 Å². The van der Waals surface area contributed by atoms with Crippen molar-refractivity contribution in [2.75, 3.05) is 10.7 Å². The van der Waals surface area contributed by atoms with Gasteiger partial charge in [0.15, 0.2) is 0 Å². The number of nitrogens with one attached hydrogen (secondary N) is 2. The molecule has 0 saturated heterocycles. The summed E-state index contributed by atoms with van der Waals surface area (Å²) >= 11 is 2.17. The number of hydrogen-bond acceptors (Lipinski definition) is 4. The zero-order chi connectivity index (χ0) is 13.8. The molecule has 0 atom stereocenters. The van der Waals surface area contributed by atoms with Crippen molar-refractivity contribution in [1.29, 1.82) is 0 Å². The minimum Gasteiger partial charge on any atom is -0.323 e. The van der Waals surface area contributed by atoms with Gasteiger partial charge in [0.1, 0.15) is 0 Å². The van der Waals surface area contributed by atoms with Crippen molar-refractivity contribution in [1.82, 2.24) is 4.98 Å². The maximum Gasteiger partial charge on any atom is 0.259 e. The van der Waals surface area contributed by atoms with Crippen LogP contribution in [0.5, 0.6) is 0 Å². The normalized spacial score (nSPS) is 10.1. The minimum atomic E-state index is -0.246. The number of anilines is 2. The smallest absolute Gasteiger partial charge is 0.259 e. The Morgan fingerprint density at radius 3 is 2.74 bits per heavy atom. The van der Waals surface area contributed by atoms with Crippen LogP contribution in [0.2, 0.25) is 0 Å². The molecule has 19 heavy (non-hydrogen) atoms. The summed E-state index contributed by atoms with van der Waals surface area (Å²) in [6, 6.07) is 9.28. The SMILES string of the molecule is Cc1cc(NN)c(C(=O)Nc2ccccc2I)cn1. The largest absolute Gasteiger partial charge is 0.323 e. The van der Waals surface area contributed by atoms with Gasteiger partial charge in [-0.2, -0.15) is 0 Å². The Hall–Kier alpha value is -1.67. The number of pyridine rings is 1. The number of benzene rings is 1. The Balaban J connectivity index is 2.28. The molecule has 0 unspecified atom stereocenters. The van der Waals surface area contributed by atoms with Gasteiger partial charge < -0.3 is 10.7 Å². The van der Waals surface area contributed by atoms with Crippen molar-refractivity contribution in [3.05, 3.63) is 51.4 Å². The average Bonchev–Trinajstić information content (AvgIpc) is 2.41. The van der Waals surface area contributed by atoms with Crippen LogP contribution >= 0.6 is 22.6 Å². The molecule has 1 amide bonds. The Morgan fingerprint density at radius 2 is 2.05 bits per heavy atom. The topological polar surface area (TPSA) is 80.0 Å². The fourth-order valence-corrected chi connectivity index (χ4v) is 2.13. The first-order valence-electron chi connectivity index (χ1n) is 5.61. The van der Waals surface area contributed by atoms with E-state index >= 15 is 0 Å². The van der Waals surface area contributed by atoms with E-state index in [0.717, 1.165) is 15.0 Å². The highest BCUT2D eigenvalue weighted by Gasteiger charge is 2.13. The summed E-state index contributed by atoms with van der Waals surface area (Å²) in [4.78, 5) is 16.3. The molecule has 1 aromatic heterocycles. The minimum absolute atomic E-state index is 0.246. The van der Waals surface area contributed by atoms with Crippen LogP contribution < -0.4 is 16.6 Å². The van der Waals surface area contributed by atoms with Gasteiger partial charge >= 0.3 is 0 Å². The standard InChI is InChI=1S/C13H13IN4O/c1-8-6-12(18-15)9(7-16-8)13(19)17-11-5-3-2-4-10(11)14/h2-7H,15H2,1H3,(H,16,18)(H,17,19). The zero-order valence-corrected chi connectivity index (χ0v) is 12.4. The number of hydrazine groups is 1. The molecule has 98 valence electrons. The quantitative estimate of drug-likeness (QED) is 0.442. The van der Waals surface area contributed by atoms with E-state index < -0.39 is 0 Å². The van der Waals surface area contributed by atoms with Gasteiger partial charge in [-0.25, -0.2) is 0 Å². The van der Waals surface area contributed by atoms with E-state index in [0.29, 0.717) is 11.3 Å². The molecule has 0 spiro atoms. The van der Waals surface area contributed by atoms with Gasteiger partial charge in [-0.1, -0.05) is 12.1 Å². The maximum absolute atomic E-state index is 12.2. The molecule has 0 radical (unpaired) electrons. The Bertz CT molecular complexity index is 615. The summed E-state index contributed by atoms with van der Waals surface area (Å²) in [7, 11) is 0. The van der Waals surface area contributed by atoms with Gasteiger partial charge in [0, 0.05) is 15.5 Å². The number of nitrogen functional groups attached to an aromatic ring is 1. The number of hydrogen-bond donors (Lipinski definition) is 3. The Morgan fingerprint density at radius 1 is 1.32 bits per heavy atom. The number of para-hydroxylation sites is 1. The maximum atomic E-state index is 12.2. The van der Waals surface area contributed by atoms with E-state index in [1.807, 2.05) is 31.2 Å². The number of halogens is 1. The third kappa shape index (κ3) is 3.21. The molecule has 0 fully saturated rings. The lowest BCUT2D eigenvalue weighted by molar-refractivity contribution is 0.102. The number of aromatic nitrogens is 1. The lowest BCUT2D eigenvalue weighted by Gasteiger charge is -2.11. The van der Waals surface area contributed by atoms with E-state index in [9.17, 15) is 4.79 Å². The van der Waals surface area contributed by atoms with Crippen LogP contribution in [0.3, 0.4) is 0 Å². The molecule has 6 heteroatoms. The number of amides is 1. The predicted octanol–water partition coefficient (Wildman–Crippen LogP) is 2.53. The van der Waals surface area contributed by atoms with E-state index in [-0.39, 0.29) is 5.91 Å². The first kappa shape index (κ1) is 13.8. The molecule has 0 aliphatic heterocycles. The number of nitrogens with zero attached hydrogens (tertiary/aromatic N) is 1. The van der Waals surface area contributed by atoms with Crippen LogP contribution in [-0.2, 0) is 0 Å². The van der Waals surface area contributed by atoms with Crippen LogP contribution in [0.25, 0.3) is 0 Å². The molecular weight excluding hydrogens is 355 g/mol. The fraction of sp³-hybridized carbons (Fsp3) is 0.0769. The van der Waals surface area contributed by atoms with Crippen LogP contribution in [0.4, 0.5) is 11.4 Å². The van der Waals surface area contributed by atoms with Gasteiger partial charge in [0.2, 0.25) is 0 Å². The van der Waals surface area contributed by atoms with Gasteiger partial charge in [-0.15, -0.1) is 0 Å². The van der Waals surface area contributed by atoms with Crippen molar-refractivity contribution in [3.63, 3.8) is 0 Å². The second kappa shape index (κ2) is 5.98. The van der Waals surface area contributed by atoms with Crippen molar-refractivity contribution >= 4 is 39.9 Å². The number of aryl methyl sites for hydroxylation is 1. The van der Waals surface area contributed by atoms with E-state index in [4.69, 9.17) is 5.84 Å². The van der Waals surface area contributed by atoms with E-state index in [2.05, 4.69) is 38.3 Å². The highest BCUT2D eigenvalue weighted by Crippen LogP contribution is 2.20. The first-order chi connectivity index (χ1) is 9.11. The number of carbonyl (C=O) groups is 1. The highest BCUT2D eigenvalue weighted by molar-refractivity contribution is 14.1. The fourth-order valence-electron chi connectivity index (χ4n) is 1.61.